The first-order chi connectivity index (χ1) is 7.63. The van der Waals surface area contributed by atoms with Crippen LogP contribution in [-0.4, -0.2) is 41.4 Å². The van der Waals surface area contributed by atoms with Gasteiger partial charge in [-0.15, -0.1) is 0 Å². The van der Waals surface area contributed by atoms with Crippen LogP contribution in [0.1, 0.15) is 41.0 Å². The Morgan fingerprint density at radius 3 is 2.18 bits per heavy atom. The predicted octanol–water partition coefficient (Wildman–Crippen LogP) is 0.487. The maximum atomic E-state index is 11.9. The Hall–Kier alpha value is -1.10. The molecule has 5 heteroatoms. The van der Waals surface area contributed by atoms with Crippen LogP contribution in [0.2, 0.25) is 0 Å². The van der Waals surface area contributed by atoms with Crippen LogP contribution in [0.3, 0.4) is 0 Å². The third kappa shape index (κ3) is 7.74. The van der Waals surface area contributed by atoms with E-state index in [9.17, 15) is 9.59 Å². The van der Waals surface area contributed by atoms with Crippen LogP contribution in [-0.2, 0) is 9.59 Å². The molecule has 0 atom stereocenters. The zero-order valence-corrected chi connectivity index (χ0v) is 11.5. The molecule has 3 N–H and O–H groups in total. The van der Waals surface area contributed by atoms with E-state index in [1.165, 1.54) is 4.90 Å². The zero-order chi connectivity index (χ0) is 13.6. The highest BCUT2D eigenvalue weighted by Gasteiger charge is 2.19. The molecule has 0 aliphatic carbocycles. The molecule has 0 aromatic carbocycles. The minimum absolute atomic E-state index is 0.00731. The van der Waals surface area contributed by atoms with Crippen molar-refractivity contribution in [1.82, 2.24) is 10.2 Å². The number of amides is 2. The van der Waals surface area contributed by atoms with Gasteiger partial charge in [-0.25, -0.2) is 0 Å². The van der Waals surface area contributed by atoms with Gasteiger partial charge in [0.25, 0.3) is 0 Å². The van der Waals surface area contributed by atoms with Crippen molar-refractivity contribution in [3.05, 3.63) is 0 Å². The van der Waals surface area contributed by atoms with Gasteiger partial charge in [-0.2, -0.15) is 0 Å². The fraction of sp³-hybridized carbons (Fsp3) is 0.833. The van der Waals surface area contributed by atoms with E-state index in [1.54, 1.807) is 0 Å². The van der Waals surface area contributed by atoms with Crippen LogP contribution in [0.4, 0.5) is 0 Å². The van der Waals surface area contributed by atoms with Crippen molar-refractivity contribution in [3.63, 3.8) is 0 Å². The van der Waals surface area contributed by atoms with Gasteiger partial charge in [0.1, 0.15) is 0 Å². The molecule has 17 heavy (non-hydrogen) atoms. The lowest BCUT2D eigenvalue weighted by molar-refractivity contribution is -0.136. The van der Waals surface area contributed by atoms with Gasteiger partial charge in [0, 0.05) is 24.5 Å². The molecule has 2 amide bonds. The van der Waals surface area contributed by atoms with Crippen LogP contribution in [0.15, 0.2) is 0 Å². The number of primary amides is 1. The third-order valence-corrected chi connectivity index (χ3v) is 2.26. The minimum atomic E-state index is -0.476. The average Bonchev–Trinajstić information content (AvgIpc) is 2.11. The van der Waals surface area contributed by atoms with Gasteiger partial charge in [0.15, 0.2) is 0 Å². The Morgan fingerprint density at radius 1 is 1.29 bits per heavy atom. The van der Waals surface area contributed by atoms with Crippen LogP contribution >= 0.6 is 0 Å². The van der Waals surface area contributed by atoms with Crippen molar-refractivity contribution in [2.24, 2.45) is 5.73 Å². The van der Waals surface area contributed by atoms with Crippen molar-refractivity contribution >= 4 is 11.8 Å². The molecule has 0 fully saturated rings. The summed E-state index contributed by atoms with van der Waals surface area (Å²) in [5, 5.41) is 3.24. The van der Waals surface area contributed by atoms with Crippen molar-refractivity contribution in [2.75, 3.05) is 13.1 Å². The molecule has 0 aromatic heterocycles. The molecule has 0 spiro atoms. The molecule has 0 radical (unpaired) electrons. The molecule has 0 aromatic rings. The van der Waals surface area contributed by atoms with Crippen molar-refractivity contribution in [3.8, 4) is 0 Å². The Morgan fingerprint density at radius 2 is 1.82 bits per heavy atom. The quantitative estimate of drug-likeness (QED) is 0.713. The highest BCUT2D eigenvalue weighted by Crippen LogP contribution is 2.03. The van der Waals surface area contributed by atoms with Gasteiger partial charge >= 0.3 is 0 Å². The SMILES string of the molecule is CC(C)N(CC(N)=O)C(=O)CCNC(C)(C)C. The Bertz CT molecular complexity index is 269. The van der Waals surface area contributed by atoms with Crippen molar-refractivity contribution < 1.29 is 9.59 Å². The van der Waals surface area contributed by atoms with E-state index in [0.717, 1.165) is 0 Å². The smallest absolute Gasteiger partial charge is 0.237 e. The Balaban J connectivity index is 4.20. The lowest BCUT2D eigenvalue weighted by atomic mass is 10.1. The summed E-state index contributed by atoms with van der Waals surface area (Å²) in [4.78, 5) is 24.3. The summed E-state index contributed by atoms with van der Waals surface area (Å²) in [6.45, 7) is 10.5. The van der Waals surface area contributed by atoms with Crippen LogP contribution in [0.25, 0.3) is 0 Å². The number of hydrogen-bond acceptors (Lipinski definition) is 3. The molecule has 0 saturated carbocycles. The van der Waals surface area contributed by atoms with Gasteiger partial charge in [0.05, 0.1) is 6.54 Å². The number of nitrogens with two attached hydrogens (primary N) is 1. The molecule has 5 nitrogen and oxygen atoms in total. The fourth-order valence-electron chi connectivity index (χ4n) is 1.41. The van der Waals surface area contributed by atoms with Gasteiger partial charge < -0.3 is 16.0 Å². The monoisotopic (exact) mass is 243 g/mol. The fourth-order valence-corrected chi connectivity index (χ4v) is 1.41. The molecule has 100 valence electrons. The highest BCUT2D eigenvalue weighted by atomic mass is 16.2. The second-order valence-electron chi connectivity index (χ2n) is 5.51. The molecular weight excluding hydrogens is 218 g/mol. The molecule has 0 aliphatic rings. The summed E-state index contributed by atoms with van der Waals surface area (Å²) >= 11 is 0. The molecule has 0 bridgehead atoms. The zero-order valence-electron chi connectivity index (χ0n) is 11.5. The number of carbonyl (C=O) groups excluding carboxylic acids is 2. The number of nitrogens with one attached hydrogen (secondary N) is 1. The van der Waals surface area contributed by atoms with Crippen molar-refractivity contribution in [2.45, 2.75) is 52.6 Å². The first-order valence-electron chi connectivity index (χ1n) is 5.96. The van der Waals surface area contributed by atoms with Crippen LogP contribution < -0.4 is 11.1 Å². The maximum absolute atomic E-state index is 11.9. The number of carbonyl (C=O) groups is 2. The van der Waals surface area contributed by atoms with Gasteiger partial charge in [-0.1, -0.05) is 0 Å². The normalized spacial score (nSPS) is 11.6. The lowest BCUT2D eigenvalue weighted by Gasteiger charge is -2.26. The summed E-state index contributed by atoms with van der Waals surface area (Å²) in [6, 6.07) is -0.00960. The second-order valence-corrected chi connectivity index (χ2v) is 5.51. The van der Waals surface area contributed by atoms with E-state index in [-0.39, 0.29) is 24.0 Å². The van der Waals surface area contributed by atoms with E-state index in [4.69, 9.17) is 5.73 Å². The summed E-state index contributed by atoms with van der Waals surface area (Å²) < 4.78 is 0. The topological polar surface area (TPSA) is 75.4 Å². The molecule has 0 heterocycles. The largest absolute Gasteiger partial charge is 0.368 e. The standard InChI is InChI=1S/C12H25N3O2/c1-9(2)15(8-10(13)16)11(17)6-7-14-12(3,4)5/h9,14H,6-8H2,1-5H3,(H2,13,16). The minimum Gasteiger partial charge on any atom is -0.368 e. The summed E-state index contributed by atoms with van der Waals surface area (Å²) in [5.74, 6) is -0.522. The van der Waals surface area contributed by atoms with E-state index in [1.807, 2.05) is 34.6 Å². The number of hydrogen-bond donors (Lipinski definition) is 2. The second kappa shape index (κ2) is 6.59. The molecule has 0 rings (SSSR count). The lowest BCUT2D eigenvalue weighted by Crippen LogP contribution is -2.45. The molecule has 0 unspecified atom stereocenters. The van der Waals surface area contributed by atoms with Crippen LogP contribution in [0.5, 0.6) is 0 Å². The summed E-state index contributed by atoms with van der Waals surface area (Å²) in [6.07, 6.45) is 0.378. The van der Waals surface area contributed by atoms with Gasteiger partial charge in [-0.3, -0.25) is 9.59 Å². The predicted molar refractivity (Wildman–Crippen MR) is 68.4 cm³/mol. The first kappa shape index (κ1) is 15.9. The van der Waals surface area contributed by atoms with Gasteiger partial charge in [-0.05, 0) is 34.6 Å². The maximum Gasteiger partial charge on any atom is 0.237 e. The van der Waals surface area contributed by atoms with E-state index >= 15 is 0 Å². The number of nitrogens with zero attached hydrogens (tertiary/aromatic N) is 1. The molecular formula is C12H25N3O2. The first-order valence-corrected chi connectivity index (χ1v) is 5.96. The highest BCUT2D eigenvalue weighted by molar-refractivity contribution is 5.84. The molecule has 0 aliphatic heterocycles. The summed E-state index contributed by atoms with van der Waals surface area (Å²) in [5.41, 5.74) is 5.11. The van der Waals surface area contributed by atoms with Gasteiger partial charge in [0.2, 0.25) is 11.8 Å². The van der Waals surface area contributed by atoms with Crippen LogP contribution in [0, 0.1) is 0 Å². The average molecular weight is 243 g/mol. The number of rotatable bonds is 6. The third-order valence-electron chi connectivity index (χ3n) is 2.26. The summed E-state index contributed by atoms with van der Waals surface area (Å²) in [7, 11) is 0. The Kier molecular flexibility index (Phi) is 6.16. The van der Waals surface area contributed by atoms with E-state index in [2.05, 4.69) is 5.32 Å². The van der Waals surface area contributed by atoms with E-state index in [0.29, 0.717) is 13.0 Å². The van der Waals surface area contributed by atoms with E-state index < -0.39 is 5.91 Å². The Labute approximate surface area is 104 Å². The molecule has 0 saturated heterocycles. The van der Waals surface area contributed by atoms with Crippen molar-refractivity contribution in [1.29, 1.82) is 0 Å².